The Hall–Kier alpha value is -2.75. The summed E-state index contributed by atoms with van der Waals surface area (Å²) >= 11 is 0. The maximum Gasteiger partial charge on any atom is 0.331 e. The monoisotopic (exact) mass is 309 g/mol. The Labute approximate surface area is 135 Å². The fraction of sp³-hybridized carbons (Fsp3) is 0.211. The highest BCUT2D eigenvalue weighted by atomic mass is 16.5. The second kappa shape index (κ2) is 7.01. The Morgan fingerprint density at radius 2 is 2.00 bits per heavy atom. The van der Waals surface area contributed by atoms with Crippen molar-refractivity contribution in [1.82, 2.24) is 0 Å². The van der Waals surface area contributed by atoms with Gasteiger partial charge in [0.05, 0.1) is 13.7 Å². The van der Waals surface area contributed by atoms with E-state index in [4.69, 9.17) is 9.47 Å². The summed E-state index contributed by atoms with van der Waals surface area (Å²) in [5.74, 6) is 0.499. The largest absolute Gasteiger partial charge is 0.497 e. The smallest absolute Gasteiger partial charge is 0.331 e. The molecule has 2 aromatic carbocycles. The van der Waals surface area contributed by atoms with Crippen molar-refractivity contribution in [3.05, 3.63) is 65.7 Å². The van der Waals surface area contributed by atoms with Crippen LogP contribution >= 0.6 is 0 Å². The Morgan fingerprint density at radius 1 is 1.17 bits per heavy atom. The zero-order chi connectivity index (χ0) is 16.1. The predicted octanol–water partition coefficient (Wildman–Crippen LogP) is 3.64. The molecule has 118 valence electrons. The van der Waals surface area contributed by atoms with Gasteiger partial charge in [-0.2, -0.15) is 0 Å². The van der Waals surface area contributed by atoms with Crippen LogP contribution in [0.1, 0.15) is 17.5 Å². The standard InChI is InChI=1S/C19H19NO3/c1-22-16-7-8-17(15-9-10-23-19(21)11-15)18(12-16)20-13-14-5-3-2-4-6-14/h2-8,11-12,20H,9-10,13H2,1H3. The molecule has 0 amide bonds. The molecule has 0 fully saturated rings. The van der Waals surface area contributed by atoms with E-state index in [1.807, 2.05) is 36.4 Å². The molecule has 0 saturated carbocycles. The third kappa shape index (κ3) is 3.72. The van der Waals surface area contributed by atoms with E-state index in [1.54, 1.807) is 13.2 Å². The highest BCUT2D eigenvalue weighted by Crippen LogP contribution is 2.31. The predicted molar refractivity (Wildman–Crippen MR) is 90.3 cm³/mol. The van der Waals surface area contributed by atoms with Crippen LogP contribution in [-0.4, -0.2) is 19.7 Å². The first-order chi connectivity index (χ1) is 11.3. The Balaban J connectivity index is 1.88. The number of carbonyl (C=O) groups is 1. The van der Waals surface area contributed by atoms with Crippen LogP contribution in [0.5, 0.6) is 5.75 Å². The molecule has 1 N–H and O–H groups in total. The van der Waals surface area contributed by atoms with Gasteiger partial charge < -0.3 is 14.8 Å². The Bertz CT molecular complexity index is 723. The van der Waals surface area contributed by atoms with Crippen molar-refractivity contribution in [3.63, 3.8) is 0 Å². The third-order valence-electron chi connectivity index (χ3n) is 3.81. The van der Waals surface area contributed by atoms with E-state index in [-0.39, 0.29) is 5.97 Å². The van der Waals surface area contributed by atoms with Crippen LogP contribution in [0.2, 0.25) is 0 Å². The van der Waals surface area contributed by atoms with Gasteiger partial charge >= 0.3 is 5.97 Å². The molecular weight excluding hydrogens is 290 g/mol. The van der Waals surface area contributed by atoms with Crippen molar-refractivity contribution in [1.29, 1.82) is 0 Å². The normalized spacial score (nSPS) is 14.0. The number of rotatable bonds is 5. The fourth-order valence-electron chi connectivity index (χ4n) is 2.60. The fourth-order valence-corrected chi connectivity index (χ4v) is 2.60. The van der Waals surface area contributed by atoms with Crippen molar-refractivity contribution in [3.8, 4) is 5.75 Å². The molecule has 4 nitrogen and oxygen atoms in total. The van der Waals surface area contributed by atoms with Gasteiger partial charge in [-0.15, -0.1) is 0 Å². The van der Waals surface area contributed by atoms with Crippen LogP contribution in [0.4, 0.5) is 5.69 Å². The third-order valence-corrected chi connectivity index (χ3v) is 3.81. The molecule has 2 aromatic rings. The number of hydrogen-bond acceptors (Lipinski definition) is 4. The number of anilines is 1. The molecule has 23 heavy (non-hydrogen) atoms. The summed E-state index contributed by atoms with van der Waals surface area (Å²) in [5, 5.41) is 3.44. The van der Waals surface area contributed by atoms with Gasteiger partial charge in [-0.05, 0) is 23.3 Å². The summed E-state index contributed by atoms with van der Waals surface area (Å²) < 4.78 is 10.3. The number of carbonyl (C=O) groups excluding carboxylic acids is 1. The number of hydrogen-bond donors (Lipinski definition) is 1. The number of benzene rings is 2. The van der Waals surface area contributed by atoms with Gasteiger partial charge in [0.2, 0.25) is 0 Å². The second-order valence-corrected chi connectivity index (χ2v) is 5.34. The summed E-state index contributed by atoms with van der Waals surface area (Å²) in [4.78, 5) is 11.5. The van der Waals surface area contributed by atoms with Crippen LogP contribution in [0.3, 0.4) is 0 Å². The highest BCUT2D eigenvalue weighted by Gasteiger charge is 2.15. The molecule has 0 aromatic heterocycles. The van der Waals surface area contributed by atoms with Crippen LogP contribution in [0, 0.1) is 0 Å². The summed E-state index contributed by atoms with van der Waals surface area (Å²) in [5.41, 5.74) is 4.14. The quantitative estimate of drug-likeness (QED) is 0.857. The zero-order valence-electron chi connectivity index (χ0n) is 13.0. The van der Waals surface area contributed by atoms with Gasteiger partial charge in [-0.1, -0.05) is 30.3 Å². The van der Waals surface area contributed by atoms with Crippen molar-refractivity contribution < 1.29 is 14.3 Å². The molecule has 0 spiro atoms. The molecule has 0 atom stereocenters. The van der Waals surface area contributed by atoms with Gasteiger partial charge in [0, 0.05) is 36.4 Å². The van der Waals surface area contributed by atoms with Crippen LogP contribution in [-0.2, 0) is 16.1 Å². The molecule has 0 aliphatic carbocycles. The van der Waals surface area contributed by atoms with Gasteiger partial charge in [-0.25, -0.2) is 4.79 Å². The van der Waals surface area contributed by atoms with Crippen LogP contribution in [0.15, 0.2) is 54.6 Å². The van der Waals surface area contributed by atoms with E-state index in [0.717, 1.165) is 29.0 Å². The van der Waals surface area contributed by atoms with Gasteiger partial charge in [0.25, 0.3) is 0 Å². The van der Waals surface area contributed by atoms with E-state index < -0.39 is 0 Å². The highest BCUT2D eigenvalue weighted by molar-refractivity contribution is 5.95. The summed E-state index contributed by atoms with van der Waals surface area (Å²) in [6.07, 6.45) is 2.29. The summed E-state index contributed by atoms with van der Waals surface area (Å²) in [6.45, 7) is 1.13. The molecule has 3 rings (SSSR count). The zero-order valence-corrected chi connectivity index (χ0v) is 13.0. The molecule has 1 heterocycles. The maximum absolute atomic E-state index is 11.5. The molecule has 1 aliphatic rings. The number of ether oxygens (including phenoxy) is 2. The van der Waals surface area contributed by atoms with Crippen LogP contribution < -0.4 is 10.1 Å². The molecule has 0 unspecified atom stereocenters. The minimum absolute atomic E-state index is 0.281. The van der Waals surface area contributed by atoms with Gasteiger partial charge in [-0.3, -0.25) is 0 Å². The lowest BCUT2D eigenvalue weighted by molar-refractivity contribution is -0.138. The molecular formula is C19H19NO3. The van der Waals surface area contributed by atoms with E-state index in [0.29, 0.717) is 13.2 Å². The molecule has 0 radical (unpaired) electrons. The number of cyclic esters (lactones) is 1. The first kappa shape index (κ1) is 15.2. The molecule has 4 heteroatoms. The summed E-state index contributed by atoms with van der Waals surface area (Å²) in [7, 11) is 1.65. The van der Waals surface area contributed by atoms with Crippen molar-refractivity contribution >= 4 is 17.2 Å². The van der Waals surface area contributed by atoms with Crippen molar-refractivity contribution in [2.75, 3.05) is 19.0 Å². The topological polar surface area (TPSA) is 47.6 Å². The Morgan fingerprint density at radius 3 is 2.74 bits per heavy atom. The minimum atomic E-state index is -0.281. The SMILES string of the molecule is COc1ccc(C2=CC(=O)OCC2)c(NCc2ccccc2)c1. The molecule has 0 saturated heterocycles. The van der Waals surface area contributed by atoms with E-state index in [1.165, 1.54) is 5.56 Å². The number of esters is 1. The van der Waals surface area contributed by atoms with Crippen molar-refractivity contribution in [2.45, 2.75) is 13.0 Å². The average molecular weight is 309 g/mol. The van der Waals surface area contributed by atoms with Gasteiger partial charge in [0.15, 0.2) is 0 Å². The van der Waals surface area contributed by atoms with Crippen LogP contribution in [0.25, 0.3) is 5.57 Å². The maximum atomic E-state index is 11.5. The van der Waals surface area contributed by atoms with E-state index in [9.17, 15) is 4.79 Å². The molecule has 1 aliphatic heterocycles. The average Bonchev–Trinajstić information content (AvgIpc) is 2.60. The Kier molecular flexibility index (Phi) is 4.62. The minimum Gasteiger partial charge on any atom is -0.497 e. The second-order valence-electron chi connectivity index (χ2n) is 5.34. The first-order valence-electron chi connectivity index (χ1n) is 7.60. The number of methoxy groups -OCH3 is 1. The van der Waals surface area contributed by atoms with Gasteiger partial charge in [0.1, 0.15) is 5.75 Å². The lowest BCUT2D eigenvalue weighted by Crippen LogP contribution is -2.11. The first-order valence-corrected chi connectivity index (χ1v) is 7.60. The number of nitrogens with one attached hydrogen (secondary N) is 1. The summed E-state index contributed by atoms with van der Waals surface area (Å²) in [6, 6.07) is 16.0. The van der Waals surface area contributed by atoms with E-state index >= 15 is 0 Å². The molecule has 0 bridgehead atoms. The van der Waals surface area contributed by atoms with E-state index in [2.05, 4.69) is 17.4 Å². The lowest BCUT2D eigenvalue weighted by atomic mass is 9.99. The lowest BCUT2D eigenvalue weighted by Gasteiger charge is -2.18. The van der Waals surface area contributed by atoms with Crippen molar-refractivity contribution in [2.24, 2.45) is 0 Å².